The maximum atomic E-state index is 14.8. The molecule has 4 heterocycles. The third-order valence-electron chi connectivity index (χ3n) is 8.99. The number of ether oxygens (including phenoxy) is 1. The Morgan fingerprint density at radius 3 is 2.55 bits per heavy atom. The van der Waals surface area contributed by atoms with E-state index in [1.54, 1.807) is 12.1 Å². The largest absolute Gasteiger partial charge is 0.493 e. The summed E-state index contributed by atoms with van der Waals surface area (Å²) in [6.45, 7) is 4.91. The standard InChI is InChI=1S/C31H29N3O4/c1-3-38-25-13-7-4-9-19(25)27(35)26-24-12-8-16-34(24)31(21-17-18(2)14-15-23(21)33-29(31)37)30(26)20-10-5-6-11-22(20)32-28(30)36/h4-7,9-11,13-15,17,24,26H,3,8,12,16H2,1-2H3,(H,32,36)(H,33,37)/t24-,26+,30-,31-/m0/s1. The summed E-state index contributed by atoms with van der Waals surface area (Å²) >= 11 is 0. The molecule has 3 aromatic rings. The molecule has 0 saturated carbocycles. The van der Waals surface area contributed by atoms with Crippen molar-refractivity contribution in [2.75, 3.05) is 23.8 Å². The van der Waals surface area contributed by atoms with Crippen LogP contribution in [-0.2, 0) is 20.5 Å². The Morgan fingerprint density at radius 1 is 0.974 bits per heavy atom. The van der Waals surface area contributed by atoms with Crippen molar-refractivity contribution in [3.8, 4) is 5.75 Å². The van der Waals surface area contributed by atoms with Crippen LogP contribution in [0.4, 0.5) is 11.4 Å². The Kier molecular flexibility index (Phi) is 4.89. The highest BCUT2D eigenvalue weighted by Gasteiger charge is 2.81. The van der Waals surface area contributed by atoms with Crippen LogP contribution in [0.25, 0.3) is 0 Å². The van der Waals surface area contributed by atoms with Gasteiger partial charge in [-0.05, 0) is 63.1 Å². The van der Waals surface area contributed by atoms with Gasteiger partial charge in [0.2, 0.25) is 5.91 Å². The number of nitrogens with one attached hydrogen (secondary N) is 2. The highest BCUT2D eigenvalue weighted by atomic mass is 16.5. The zero-order valence-corrected chi connectivity index (χ0v) is 21.4. The van der Waals surface area contributed by atoms with Crippen molar-refractivity contribution in [1.82, 2.24) is 4.90 Å². The van der Waals surface area contributed by atoms with Crippen molar-refractivity contribution in [3.05, 3.63) is 89.0 Å². The molecule has 0 radical (unpaired) electrons. The molecule has 7 heteroatoms. The number of Topliss-reactive ketones (excluding diaryl/α,β-unsaturated/α-hetero) is 1. The van der Waals surface area contributed by atoms with Gasteiger partial charge in [0.1, 0.15) is 16.7 Å². The molecule has 2 amide bonds. The van der Waals surface area contributed by atoms with E-state index < -0.39 is 16.9 Å². The minimum absolute atomic E-state index is 0.163. The van der Waals surface area contributed by atoms with Gasteiger partial charge in [0.15, 0.2) is 5.78 Å². The average Bonchev–Trinajstić information content (AvgIpc) is 3.63. The lowest BCUT2D eigenvalue weighted by atomic mass is 9.57. The van der Waals surface area contributed by atoms with Gasteiger partial charge >= 0.3 is 0 Å². The number of aryl methyl sites for hydroxylation is 1. The van der Waals surface area contributed by atoms with E-state index in [0.29, 0.717) is 41.4 Å². The van der Waals surface area contributed by atoms with E-state index in [9.17, 15) is 14.4 Å². The van der Waals surface area contributed by atoms with Crippen molar-refractivity contribution in [3.63, 3.8) is 0 Å². The molecule has 0 aliphatic carbocycles. The molecule has 3 aromatic carbocycles. The fourth-order valence-corrected chi connectivity index (χ4v) is 7.81. The van der Waals surface area contributed by atoms with Gasteiger partial charge in [0.05, 0.1) is 18.1 Å². The Bertz CT molecular complexity index is 1530. The van der Waals surface area contributed by atoms with Crippen molar-refractivity contribution >= 4 is 29.0 Å². The molecule has 38 heavy (non-hydrogen) atoms. The second-order valence-electron chi connectivity index (χ2n) is 10.7. The Balaban J connectivity index is 1.58. The number of nitrogens with zero attached hydrogens (tertiary/aromatic N) is 1. The van der Waals surface area contributed by atoms with E-state index in [1.807, 2.05) is 68.4 Å². The molecule has 2 saturated heterocycles. The second-order valence-corrected chi connectivity index (χ2v) is 10.7. The van der Waals surface area contributed by atoms with Crippen LogP contribution < -0.4 is 15.4 Å². The zero-order chi connectivity index (χ0) is 26.2. The van der Waals surface area contributed by atoms with Crippen molar-refractivity contribution in [2.24, 2.45) is 5.92 Å². The van der Waals surface area contributed by atoms with Crippen LogP contribution in [0.1, 0.15) is 46.8 Å². The third kappa shape index (κ3) is 2.59. The van der Waals surface area contributed by atoms with Gasteiger partial charge in [0, 0.05) is 23.0 Å². The Labute approximate surface area is 221 Å². The first-order valence-corrected chi connectivity index (χ1v) is 13.3. The molecule has 7 rings (SSSR count). The summed E-state index contributed by atoms with van der Waals surface area (Å²) in [4.78, 5) is 46.0. The van der Waals surface area contributed by atoms with Crippen molar-refractivity contribution < 1.29 is 19.1 Å². The summed E-state index contributed by atoms with van der Waals surface area (Å²) in [6.07, 6.45) is 1.57. The number of rotatable bonds is 4. The quantitative estimate of drug-likeness (QED) is 0.511. The van der Waals surface area contributed by atoms with Gasteiger partial charge in [-0.1, -0.05) is 48.0 Å². The maximum absolute atomic E-state index is 14.8. The number of fused-ring (bicyclic) bond motifs is 7. The summed E-state index contributed by atoms with van der Waals surface area (Å²) in [7, 11) is 0. The second kappa shape index (κ2) is 8.01. The van der Waals surface area contributed by atoms with Gasteiger partial charge in [-0.15, -0.1) is 0 Å². The molecule has 2 N–H and O–H groups in total. The lowest BCUT2D eigenvalue weighted by Crippen LogP contribution is -2.62. The van der Waals surface area contributed by atoms with Crippen molar-refractivity contribution in [1.29, 1.82) is 0 Å². The van der Waals surface area contributed by atoms with Crippen LogP contribution in [0.5, 0.6) is 5.75 Å². The van der Waals surface area contributed by atoms with Crippen LogP contribution in [0.2, 0.25) is 0 Å². The maximum Gasteiger partial charge on any atom is 0.251 e. The van der Waals surface area contributed by atoms with E-state index in [4.69, 9.17) is 4.74 Å². The molecule has 0 aromatic heterocycles. The smallest absolute Gasteiger partial charge is 0.251 e. The average molecular weight is 508 g/mol. The number of benzene rings is 3. The molecule has 0 bridgehead atoms. The van der Waals surface area contributed by atoms with Gasteiger partial charge in [-0.25, -0.2) is 0 Å². The lowest BCUT2D eigenvalue weighted by molar-refractivity contribution is -0.137. The number of amides is 2. The number of anilines is 2. The Morgan fingerprint density at radius 2 is 1.71 bits per heavy atom. The molecular formula is C31H29N3O4. The van der Waals surface area contributed by atoms with Crippen LogP contribution in [-0.4, -0.2) is 41.7 Å². The fourth-order valence-electron chi connectivity index (χ4n) is 7.81. The van der Waals surface area contributed by atoms with E-state index in [2.05, 4.69) is 15.5 Å². The minimum Gasteiger partial charge on any atom is -0.493 e. The highest BCUT2D eigenvalue weighted by Crippen LogP contribution is 2.68. The third-order valence-corrected chi connectivity index (χ3v) is 8.99. The van der Waals surface area contributed by atoms with Crippen LogP contribution in [0.3, 0.4) is 0 Å². The molecule has 4 aliphatic rings. The first-order valence-electron chi connectivity index (χ1n) is 13.3. The van der Waals surface area contributed by atoms with Crippen LogP contribution in [0.15, 0.2) is 66.7 Å². The molecular weight excluding hydrogens is 478 g/mol. The monoisotopic (exact) mass is 507 g/mol. The molecule has 0 unspecified atom stereocenters. The SMILES string of the molecule is CCOc1ccccc1C(=O)[C@H]1[C@@H]2CCCN2[C@@]2(C(=O)Nc3ccc(C)cc32)[C@]12C(=O)Nc1ccccc12. The van der Waals surface area contributed by atoms with E-state index in [1.165, 1.54) is 0 Å². The topological polar surface area (TPSA) is 87.7 Å². The predicted molar refractivity (Wildman–Crippen MR) is 143 cm³/mol. The molecule has 2 fully saturated rings. The van der Waals surface area contributed by atoms with Gasteiger partial charge in [0.25, 0.3) is 5.91 Å². The molecule has 7 nitrogen and oxygen atoms in total. The van der Waals surface area contributed by atoms with Gasteiger partial charge in [-0.2, -0.15) is 0 Å². The zero-order valence-electron chi connectivity index (χ0n) is 21.4. The first-order chi connectivity index (χ1) is 18.5. The summed E-state index contributed by atoms with van der Waals surface area (Å²) in [6, 6.07) is 20.4. The fraction of sp³-hybridized carbons (Fsp3) is 0.323. The molecule has 2 spiro atoms. The summed E-state index contributed by atoms with van der Waals surface area (Å²) in [5.41, 5.74) is 1.47. The number of carbonyl (C=O) groups excluding carboxylic acids is 3. The predicted octanol–water partition coefficient (Wildman–Crippen LogP) is 4.41. The number of ketones is 1. The summed E-state index contributed by atoms with van der Waals surface area (Å²) < 4.78 is 5.87. The van der Waals surface area contributed by atoms with Gasteiger partial charge < -0.3 is 15.4 Å². The number of hydrogen-bond acceptors (Lipinski definition) is 5. The first kappa shape index (κ1) is 23.2. The van der Waals surface area contributed by atoms with Crippen LogP contribution >= 0.6 is 0 Å². The number of para-hydroxylation sites is 2. The summed E-state index contributed by atoms with van der Waals surface area (Å²) in [5.74, 6) is -0.995. The molecule has 192 valence electrons. The number of carbonyl (C=O) groups is 3. The van der Waals surface area contributed by atoms with E-state index >= 15 is 0 Å². The van der Waals surface area contributed by atoms with E-state index in [-0.39, 0.29) is 23.6 Å². The Hall–Kier alpha value is -3.97. The molecule has 4 aliphatic heterocycles. The lowest BCUT2D eigenvalue weighted by Gasteiger charge is -2.43. The van der Waals surface area contributed by atoms with Gasteiger partial charge in [-0.3, -0.25) is 19.3 Å². The molecule has 4 atom stereocenters. The van der Waals surface area contributed by atoms with Crippen LogP contribution in [0, 0.1) is 12.8 Å². The minimum atomic E-state index is -1.45. The van der Waals surface area contributed by atoms with Crippen molar-refractivity contribution in [2.45, 2.75) is 43.7 Å². The van der Waals surface area contributed by atoms with E-state index in [0.717, 1.165) is 24.0 Å². The number of hydrogen-bond donors (Lipinski definition) is 2. The summed E-state index contributed by atoms with van der Waals surface area (Å²) in [5, 5.41) is 6.19. The highest BCUT2D eigenvalue weighted by molar-refractivity contribution is 6.21. The normalized spacial score (nSPS) is 28.8.